The Morgan fingerprint density at radius 3 is 2.47 bits per heavy atom. The molecule has 1 aromatic carbocycles. The number of hydrogen-bond acceptors (Lipinski definition) is 3. The number of carbonyl (C=O) groups excluding carboxylic acids is 1. The molecule has 0 saturated carbocycles. The average molecular weight is 234 g/mol. The maximum Gasteiger partial charge on any atom is 0.271 e. The van der Waals surface area contributed by atoms with Gasteiger partial charge in [-0.3, -0.25) is 4.79 Å². The van der Waals surface area contributed by atoms with Crippen LogP contribution in [0.4, 0.5) is 0 Å². The van der Waals surface area contributed by atoms with Crippen molar-refractivity contribution >= 4 is 11.6 Å². The first-order valence-electron chi connectivity index (χ1n) is 5.61. The van der Waals surface area contributed by atoms with Crippen LogP contribution in [0.1, 0.15) is 37.6 Å². The van der Waals surface area contributed by atoms with Gasteiger partial charge in [-0.2, -0.15) is 5.10 Å². The predicted octanol–water partition coefficient (Wildman–Crippen LogP) is 2.54. The third kappa shape index (κ3) is 4.68. The quantitative estimate of drug-likeness (QED) is 0.621. The van der Waals surface area contributed by atoms with Gasteiger partial charge in [-0.15, -0.1) is 0 Å². The van der Waals surface area contributed by atoms with E-state index >= 15 is 0 Å². The Labute approximate surface area is 101 Å². The standard InChI is InChI=1S/C13H18N2O2/c1-9(2)8-10(3)14-15-13(17)11-4-6-12(16)7-5-11/h4-7,9,16H,8H2,1-3H3,(H,15,17). The first-order chi connectivity index (χ1) is 7.99. The van der Waals surface area contributed by atoms with Gasteiger partial charge in [0.25, 0.3) is 5.91 Å². The van der Waals surface area contributed by atoms with E-state index in [-0.39, 0.29) is 11.7 Å². The number of aromatic hydroxyl groups is 1. The molecule has 0 aliphatic heterocycles. The molecule has 1 aromatic rings. The molecule has 0 saturated heterocycles. The van der Waals surface area contributed by atoms with Crippen molar-refractivity contribution in [1.82, 2.24) is 5.43 Å². The van der Waals surface area contributed by atoms with Crippen molar-refractivity contribution < 1.29 is 9.90 Å². The van der Waals surface area contributed by atoms with Gasteiger partial charge < -0.3 is 5.11 Å². The molecule has 0 spiro atoms. The third-order valence-corrected chi connectivity index (χ3v) is 2.18. The van der Waals surface area contributed by atoms with Gasteiger partial charge in [0.15, 0.2) is 0 Å². The summed E-state index contributed by atoms with van der Waals surface area (Å²) in [6, 6.07) is 6.05. The Balaban J connectivity index is 2.58. The molecular weight excluding hydrogens is 216 g/mol. The molecule has 0 atom stereocenters. The summed E-state index contributed by atoms with van der Waals surface area (Å²) in [5.41, 5.74) is 3.86. The Bertz CT molecular complexity index is 408. The molecule has 4 heteroatoms. The Morgan fingerprint density at radius 1 is 1.35 bits per heavy atom. The maximum absolute atomic E-state index is 11.6. The summed E-state index contributed by atoms with van der Waals surface area (Å²) in [5, 5.41) is 13.1. The van der Waals surface area contributed by atoms with Gasteiger partial charge in [0.1, 0.15) is 5.75 Å². The minimum atomic E-state index is -0.270. The zero-order valence-corrected chi connectivity index (χ0v) is 10.4. The summed E-state index contributed by atoms with van der Waals surface area (Å²) in [6.45, 7) is 6.08. The highest BCUT2D eigenvalue weighted by molar-refractivity contribution is 5.95. The van der Waals surface area contributed by atoms with Crippen LogP contribution >= 0.6 is 0 Å². The van der Waals surface area contributed by atoms with E-state index in [1.54, 1.807) is 12.1 Å². The lowest BCUT2D eigenvalue weighted by molar-refractivity contribution is 0.0954. The van der Waals surface area contributed by atoms with Crippen molar-refractivity contribution in [2.45, 2.75) is 27.2 Å². The molecule has 0 bridgehead atoms. The number of phenolic OH excluding ortho intramolecular Hbond substituents is 1. The monoisotopic (exact) mass is 234 g/mol. The summed E-state index contributed by atoms with van der Waals surface area (Å²) < 4.78 is 0. The van der Waals surface area contributed by atoms with Crippen molar-refractivity contribution in [3.8, 4) is 5.75 Å². The second kappa shape index (κ2) is 6.03. The Hall–Kier alpha value is -1.84. The highest BCUT2D eigenvalue weighted by Gasteiger charge is 2.04. The molecule has 92 valence electrons. The first-order valence-corrected chi connectivity index (χ1v) is 5.61. The van der Waals surface area contributed by atoms with Gasteiger partial charge in [0.2, 0.25) is 0 Å². The van der Waals surface area contributed by atoms with E-state index in [1.807, 2.05) is 6.92 Å². The summed E-state index contributed by atoms with van der Waals surface area (Å²) in [4.78, 5) is 11.6. The highest BCUT2D eigenvalue weighted by Crippen LogP contribution is 2.09. The van der Waals surface area contributed by atoms with Crippen LogP contribution < -0.4 is 5.43 Å². The molecule has 1 rings (SSSR count). The van der Waals surface area contributed by atoms with Gasteiger partial charge in [-0.1, -0.05) is 13.8 Å². The van der Waals surface area contributed by atoms with Crippen LogP contribution in [-0.4, -0.2) is 16.7 Å². The van der Waals surface area contributed by atoms with E-state index in [0.717, 1.165) is 12.1 Å². The van der Waals surface area contributed by atoms with Crippen LogP contribution in [0.2, 0.25) is 0 Å². The van der Waals surface area contributed by atoms with E-state index in [2.05, 4.69) is 24.4 Å². The van der Waals surface area contributed by atoms with Gasteiger partial charge in [0, 0.05) is 11.3 Å². The van der Waals surface area contributed by atoms with Crippen LogP contribution in [0.25, 0.3) is 0 Å². The number of benzene rings is 1. The number of amides is 1. The number of hydrogen-bond donors (Lipinski definition) is 2. The number of phenols is 1. The lowest BCUT2D eigenvalue weighted by atomic mass is 10.1. The first kappa shape index (κ1) is 13.2. The molecule has 0 unspecified atom stereocenters. The second-order valence-electron chi connectivity index (χ2n) is 4.43. The van der Waals surface area contributed by atoms with Gasteiger partial charge in [-0.05, 0) is 43.5 Å². The van der Waals surface area contributed by atoms with E-state index in [9.17, 15) is 4.79 Å². The molecule has 1 amide bonds. The normalized spacial score (nSPS) is 11.6. The molecule has 2 N–H and O–H groups in total. The van der Waals surface area contributed by atoms with Crippen LogP contribution in [0.5, 0.6) is 5.75 Å². The van der Waals surface area contributed by atoms with Crippen LogP contribution in [0.15, 0.2) is 29.4 Å². The van der Waals surface area contributed by atoms with Crippen molar-refractivity contribution in [2.24, 2.45) is 11.0 Å². The van der Waals surface area contributed by atoms with Crippen molar-refractivity contribution in [2.75, 3.05) is 0 Å². The van der Waals surface area contributed by atoms with E-state index in [1.165, 1.54) is 12.1 Å². The van der Waals surface area contributed by atoms with Gasteiger partial charge in [-0.25, -0.2) is 5.43 Å². The SMILES string of the molecule is CC(CC(C)C)=NNC(=O)c1ccc(O)cc1. The predicted molar refractivity (Wildman–Crippen MR) is 68.1 cm³/mol. The number of carbonyl (C=O) groups is 1. The summed E-state index contributed by atoms with van der Waals surface area (Å²) in [6.07, 6.45) is 0.857. The molecule has 0 fully saturated rings. The zero-order chi connectivity index (χ0) is 12.8. The molecule has 0 radical (unpaired) electrons. The van der Waals surface area contributed by atoms with E-state index in [4.69, 9.17) is 5.11 Å². The van der Waals surface area contributed by atoms with Crippen molar-refractivity contribution in [3.05, 3.63) is 29.8 Å². The van der Waals surface area contributed by atoms with E-state index < -0.39 is 0 Å². The van der Waals surface area contributed by atoms with Crippen LogP contribution in [0, 0.1) is 5.92 Å². The molecule has 0 aliphatic carbocycles. The lowest BCUT2D eigenvalue weighted by Crippen LogP contribution is -2.19. The maximum atomic E-state index is 11.6. The summed E-state index contributed by atoms with van der Waals surface area (Å²) in [5.74, 6) is 0.387. The molecule has 4 nitrogen and oxygen atoms in total. The second-order valence-corrected chi connectivity index (χ2v) is 4.43. The Kier molecular flexibility index (Phi) is 4.69. The topological polar surface area (TPSA) is 61.7 Å². The lowest BCUT2D eigenvalue weighted by Gasteiger charge is -2.05. The number of rotatable bonds is 4. The highest BCUT2D eigenvalue weighted by atomic mass is 16.3. The minimum absolute atomic E-state index is 0.140. The van der Waals surface area contributed by atoms with Crippen molar-refractivity contribution in [1.29, 1.82) is 0 Å². The summed E-state index contributed by atoms with van der Waals surface area (Å²) >= 11 is 0. The third-order valence-electron chi connectivity index (χ3n) is 2.18. The van der Waals surface area contributed by atoms with Crippen LogP contribution in [-0.2, 0) is 0 Å². The fraction of sp³-hybridized carbons (Fsp3) is 0.385. The number of hydrazone groups is 1. The van der Waals surface area contributed by atoms with Gasteiger partial charge in [0.05, 0.1) is 0 Å². The molecule has 0 aliphatic rings. The zero-order valence-electron chi connectivity index (χ0n) is 10.4. The Morgan fingerprint density at radius 2 is 1.94 bits per heavy atom. The molecule has 0 heterocycles. The fourth-order valence-corrected chi connectivity index (χ4v) is 1.46. The summed E-state index contributed by atoms with van der Waals surface area (Å²) in [7, 11) is 0. The minimum Gasteiger partial charge on any atom is -0.508 e. The molecule has 0 aromatic heterocycles. The molecule has 17 heavy (non-hydrogen) atoms. The number of nitrogens with one attached hydrogen (secondary N) is 1. The largest absolute Gasteiger partial charge is 0.508 e. The van der Waals surface area contributed by atoms with Crippen LogP contribution in [0.3, 0.4) is 0 Å². The number of nitrogens with zero attached hydrogens (tertiary/aromatic N) is 1. The van der Waals surface area contributed by atoms with Gasteiger partial charge >= 0.3 is 0 Å². The molecular formula is C13H18N2O2. The van der Waals surface area contributed by atoms with Crippen molar-refractivity contribution in [3.63, 3.8) is 0 Å². The fourth-order valence-electron chi connectivity index (χ4n) is 1.46. The smallest absolute Gasteiger partial charge is 0.271 e. The average Bonchev–Trinajstić information content (AvgIpc) is 2.26. The van der Waals surface area contributed by atoms with E-state index in [0.29, 0.717) is 11.5 Å².